The van der Waals surface area contributed by atoms with Crippen molar-refractivity contribution in [3.05, 3.63) is 58.5 Å². The predicted molar refractivity (Wildman–Crippen MR) is 124 cm³/mol. The molecule has 0 saturated heterocycles. The first-order chi connectivity index (χ1) is 13.0. The molecule has 0 radical (unpaired) electrons. The molecule has 28 heavy (non-hydrogen) atoms. The van der Waals surface area contributed by atoms with E-state index < -0.39 is 8.07 Å². The summed E-state index contributed by atoms with van der Waals surface area (Å²) in [7, 11) is -1.98. The van der Waals surface area contributed by atoms with Gasteiger partial charge in [0.1, 0.15) is 11.5 Å². The predicted octanol–water partition coefficient (Wildman–Crippen LogP) is 7.86. The fourth-order valence-corrected chi connectivity index (χ4v) is 12.0. The van der Waals surface area contributed by atoms with Gasteiger partial charge in [-0.2, -0.15) is 0 Å². The fourth-order valence-electron chi connectivity index (χ4n) is 5.14. The van der Waals surface area contributed by atoms with Crippen LogP contribution in [0.25, 0.3) is 11.3 Å². The molecular weight excluding hydrogens is 360 g/mol. The highest BCUT2D eigenvalue weighted by Gasteiger charge is 2.47. The van der Waals surface area contributed by atoms with Gasteiger partial charge in [0, 0.05) is 0 Å². The molecule has 0 bridgehead atoms. The lowest BCUT2D eigenvalue weighted by Gasteiger charge is -2.44. The summed E-state index contributed by atoms with van der Waals surface area (Å²) in [5.41, 5.74) is 4.80. The molecule has 1 aromatic heterocycles. The Morgan fingerprint density at radius 2 is 1.43 bits per heavy atom. The minimum atomic E-state index is -1.98. The van der Waals surface area contributed by atoms with Gasteiger partial charge in [0.25, 0.3) is 0 Å². The number of hydrogen-bond donors (Lipinski definition) is 0. The van der Waals surface area contributed by atoms with E-state index in [2.05, 4.69) is 78.8 Å². The van der Waals surface area contributed by atoms with Crippen LogP contribution in [-0.2, 0) is 0 Å². The van der Waals surface area contributed by atoms with Crippen molar-refractivity contribution in [2.75, 3.05) is 0 Å². The molecule has 0 spiro atoms. The smallest absolute Gasteiger partial charge is 0.163 e. The molecule has 0 N–H and O–H groups in total. The maximum atomic E-state index is 12.1. The standard InChI is InChI=1S/C25H36O2Si/c1-16(2)28(17(3)4,18(5)6)25(14-22-12-10-19(7)11-13-22)24-15-23(20(8)26)21(9)27-24/h10-18H,1-9H3/b25-14+. The molecule has 2 rings (SSSR count). The van der Waals surface area contributed by atoms with Gasteiger partial charge < -0.3 is 4.42 Å². The topological polar surface area (TPSA) is 30.2 Å². The second-order valence-electron chi connectivity index (χ2n) is 9.00. The maximum absolute atomic E-state index is 12.1. The first-order valence-corrected chi connectivity index (χ1v) is 12.7. The van der Waals surface area contributed by atoms with E-state index in [1.807, 2.05) is 13.0 Å². The SMILES string of the molecule is CC(=O)c1cc(/C(=C\c2ccc(C)cc2)[Si](C(C)C)(C(C)C)C(C)C)oc1C. The largest absolute Gasteiger partial charge is 0.461 e. The van der Waals surface area contributed by atoms with Gasteiger partial charge in [-0.05, 0) is 54.2 Å². The van der Waals surface area contributed by atoms with E-state index in [0.29, 0.717) is 22.2 Å². The van der Waals surface area contributed by atoms with E-state index in [1.165, 1.54) is 16.3 Å². The Balaban J connectivity index is 2.83. The van der Waals surface area contributed by atoms with Crippen LogP contribution < -0.4 is 0 Å². The highest BCUT2D eigenvalue weighted by atomic mass is 28.3. The number of ketones is 1. The molecule has 1 aromatic carbocycles. The van der Waals surface area contributed by atoms with Gasteiger partial charge in [-0.15, -0.1) is 0 Å². The molecule has 0 saturated carbocycles. The molecule has 152 valence electrons. The van der Waals surface area contributed by atoms with Crippen molar-refractivity contribution in [1.82, 2.24) is 0 Å². The lowest BCUT2D eigenvalue weighted by molar-refractivity contribution is 0.101. The van der Waals surface area contributed by atoms with Crippen LogP contribution in [0, 0.1) is 13.8 Å². The zero-order valence-corrected chi connectivity index (χ0v) is 20.0. The van der Waals surface area contributed by atoms with Crippen molar-refractivity contribution in [2.24, 2.45) is 0 Å². The van der Waals surface area contributed by atoms with E-state index in [0.717, 1.165) is 11.5 Å². The number of hydrogen-bond acceptors (Lipinski definition) is 2. The first kappa shape index (κ1) is 22.4. The van der Waals surface area contributed by atoms with Crippen LogP contribution in [0.1, 0.15) is 81.5 Å². The van der Waals surface area contributed by atoms with Crippen molar-refractivity contribution >= 4 is 25.1 Å². The third-order valence-corrected chi connectivity index (χ3v) is 13.3. The van der Waals surface area contributed by atoms with Gasteiger partial charge in [0.15, 0.2) is 5.78 Å². The summed E-state index contributed by atoms with van der Waals surface area (Å²) in [5.74, 6) is 1.66. The minimum absolute atomic E-state index is 0.0630. The zero-order valence-electron chi connectivity index (χ0n) is 19.0. The van der Waals surface area contributed by atoms with Crippen molar-refractivity contribution in [3.8, 4) is 0 Å². The van der Waals surface area contributed by atoms with Crippen LogP contribution in [0.5, 0.6) is 0 Å². The summed E-state index contributed by atoms with van der Waals surface area (Å²) in [4.78, 5) is 12.1. The first-order valence-electron chi connectivity index (χ1n) is 10.4. The Kier molecular flexibility index (Phi) is 6.92. The van der Waals surface area contributed by atoms with E-state index in [-0.39, 0.29) is 5.78 Å². The molecule has 0 amide bonds. The van der Waals surface area contributed by atoms with E-state index in [9.17, 15) is 4.79 Å². The van der Waals surface area contributed by atoms with Crippen molar-refractivity contribution < 1.29 is 9.21 Å². The molecule has 1 heterocycles. The van der Waals surface area contributed by atoms with E-state index in [1.54, 1.807) is 6.92 Å². The summed E-state index contributed by atoms with van der Waals surface area (Å²) < 4.78 is 6.24. The third-order valence-electron chi connectivity index (χ3n) is 6.28. The Morgan fingerprint density at radius 1 is 0.929 bits per heavy atom. The zero-order chi connectivity index (χ0) is 21.2. The summed E-state index contributed by atoms with van der Waals surface area (Å²) in [6.07, 6.45) is 2.33. The fraction of sp³-hybridized carbons (Fsp3) is 0.480. The Labute approximate surface area is 172 Å². The number of furan rings is 1. The average molecular weight is 397 g/mol. The van der Waals surface area contributed by atoms with Crippen LogP contribution in [0.2, 0.25) is 16.6 Å². The molecule has 2 aromatic rings. The summed E-state index contributed by atoms with van der Waals surface area (Å²) in [6.45, 7) is 19.8. The number of rotatable bonds is 7. The number of aryl methyl sites for hydroxylation is 2. The van der Waals surface area contributed by atoms with Gasteiger partial charge in [-0.25, -0.2) is 0 Å². The lowest BCUT2D eigenvalue weighted by atomic mass is 10.1. The Morgan fingerprint density at radius 3 is 1.82 bits per heavy atom. The maximum Gasteiger partial charge on any atom is 0.163 e. The lowest BCUT2D eigenvalue weighted by Crippen LogP contribution is -2.46. The number of benzene rings is 1. The van der Waals surface area contributed by atoms with Gasteiger partial charge in [-0.3, -0.25) is 4.79 Å². The highest BCUT2D eigenvalue weighted by Crippen LogP contribution is 2.51. The molecule has 0 atom stereocenters. The van der Waals surface area contributed by atoms with Crippen LogP contribution in [0.3, 0.4) is 0 Å². The van der Waals surface area contributed by atoms with Crippen molar-refractivity contribution in [3.63, 3.8) is 0 Å². The van der Waals surface area contributed by atoms with Gasteiger partial charge in [-0.1, -0.05) is 77.4 Å². The molecule has 0 aliphatic heterocycles. The number of carbonyl (C=O) groups excluding carboxylic acids is 1. The number of carbonyl (C=O) groups is 1. The second kappa shape index (κ2) is 8.65. The molecule has 3 heteroatoms. The molecule has 0 fully saturated rings. The Bertz CT molecular complexity index is 829. The normalized spacial score (nSPS) is 13.1. The molecule has 0 unspecified atom stereocenters. The Hall–Kier alpha value is -1.87. The molecular formula is C25H36O2Si. The third kappa shape index (κ3) is 4.10. The second-order valence-corrected chi connectivity index (χ2v) is 14.9. The molecule has 2 nitrogen and oxygen atoms in total. The quantitative estimate of drug-likeness (QED) is 0.352. The summed E-state index contributed by atoms with van der Waals surface area (Å²) in [5, 5.41) is 1.33. The van der Waals surface area contributed by atoms with Crippen LogP contribution >= 0.6 is 0 Å². The monoisotopic (exact) mass is 396 g/mol. The van der Waals surface area contributed by atoms with Crippen molar-refractivity contribution in [2.45, 2.75) is 78.9 Å². The van der Waals surface area contributed by atoms with Crippen molar-refractivity contribution in [1.29, 1.82) is 0 Å². The average Bonchev–Trinajstić information content (AvgIpc) is 2.97. The van der Waals surface area contributed by atoms with Gasteiger partial charge in [0.05, 0.1) is 13.6 Å². The highest BCUT2D eigenvalue weighted by molar-refractivity contribution is 7.00. The van der Waals surface area contributed by atoms with Crippen LogP contribution in [-0.4, -0.2) is 13.9 Å². The van der Waals surface area contributed by atoms with Gasteiger partial charge >= 0.3 is 0 Å². The molecule has 0 aliphatic carbocycles. The summed E-state index contributed by atoms with van der Waals surface area (Å²) in [6, 6.07) is 10.6. The van der Waals surface area contributed by atoms with Crippen LogP contribution in [0.4, 0.5) is 0 Å². The van der Waals surface area contributed by atoms with Gasteiger partial charge in [0.2, 0.25) is 0 Å². The number of Topliss-reactive ketones (excluding diaryl/α,β-unsaturated/α-hetero) is 1. The van der Waals surface area contributed by atoms with Crippen LogP contribution in [0.15, 0.2) is 34.7 Å². The van der Waals surface area contributed by atoms with E-state index in [4.69, 9.17) is 4.42 Å². The molecule has 0 aliphatic rings. The summed E-state index contributed by atoms with van der Waals surface area (Å²) >= 11 is 0. The van der Waals surface area contributed by atoms with E-state index >= 15 is 0 Å². The minimum Gasteiger partial charge on any atom is -0.461 e.